The SMILES string of the molecule is NC(=O)c1ccc2c(c1)[C@@H]1[C@@H]3CC[C@@H]3[C@@H]3[C@@H]2[C@@H]13. The van der Waals surface area contributed by atoms with Crippen LogP contribution < -0.4 is 5.73 Å². The molecule has 0 aliphatic heterocycles. The van der Waals surface area contributed by atoms with Gasteiger partial charge in [-0.05, 0) is 71.6 Å². The van der Waals surface area contributed by atoms with Gasteiger partial charge >= 0.3 is 0 Å². The predicted octanol–water partition coefficient (Wildman–Crippen LogP) is 2.25. The minimum absolute atomic E-state index is 0.284. The van der Waals surface area contributed by atoms with Crippen molar-refractivity contribution in [2.45, 2.75) is 24.7 Å². The number of primary amides is 1. The van der Waals surface area contributed by atoms with E-state index < -0.39 is 0 Å². The fourth-order valence-electron chi connectivity index (χ4n) is 5.31. The molecule has 2 heteroatoms. The van der Waals surface area contributed by atoms with Crippen molar-refractivity contribution in [1.82, 2.24) is 0 Å². The molecule has 0 saturated heterocycles. The number of amides is 1. The second-order valence-corrected chi connectivity index (χ2v) is 6.32. The van der Waals surface area contributed by atoms with Gasteiger partial charge in [0.2, 0.25) is 5.91 Å². The normalized spacial score (nSPS) is 46.8. The summed E-state index contributed by atoms with van der Waals surface area (Å²) in [4.78, 5) is 11.3. The van der Waals surface area contributed by atoms with Crippen molar-refractivity contribution < 1.29 is 4.79 Å². The lowest BCUT2D eigenvalue weighted by molar-refractivity contribution is 0.1000. The first-order valence-electron chi connectivity index (χ1n) is 6.71. The van der Waals surface area contributed by atoms with Crippen LogP contribution in [0, 0.1) is 23.7 Å². The van der Waals surface area contributed by atoms with E-state index in [-0.39, 0.29) is 5.91 Å². The quantitative estimate of drug-likeness (QED) is 0.782. The highest BCUT2D eigenvalue weighted by Gasteiger charge is 2.73. The number of carbonyl (C=O) groups is 1. The second kappa shape index (κ2) is 2.43. The van der Waals surface area contributed by atoms with Crippen LogP contribution in [-0.2, 0) is 0 Å². The Morgan fingerprint density at radius 1 is 1.06 bits per heavy atom. The lowest BCUT2D eigenvalue weighted by atomic mass is 9.69. The molecule has 6 atom stereocenters. The van der Waals surface area contributed by atoms with Crippen molar-refractivity contribution >= 4 is 5.91 Å². The molecule has 3 saturated carbocycles. The summed E-state index contributed by atoms with van der Waals surface area (Å²) in [6.07, 6.45) is 2.87. The number of hydrogen-bond donors (Lipinski definition) is 1. The Balaban J connectivity index is 1.69. The molecule has 1 amide bonds. The molecule has 3 fully saturated rings. The number of hydrogen-bond acceptors (Lipinski definition) is 1. The molecular weight excluding hydrogens is 210 g/mol. The summed E-state index contributed by atoms with van der Waals surface area (Å²) in [7, 11) is 0. The van der Waals surface area contributed by atoms with Crippen molar-refractivity contribution in [3.05, 3.63) is 34.9 Å². The van der Waals surface area contributed by atoms with Gasteiger partial charge in [0.25, 0.3) is 0 Å². The monoisotopic (exact) mass is 225 g/mol. The van der Waals surface area contributed by atoms with Gasteiger partial charge in [0.05, 0.1) is 0 Å². The second-order valence-electron chi connectivity index (χ2n) is 6.32. The Kier molecular flexibility index (Phi) is 1.25. The molecule has 0 spiro atoms. The molecule has 0 heterocycles. The van der Waals surface area contributed by atoms with Crippen LogP contribution in [0.5, 0.6) is 0 Å². The standard InChI is InChI=1S/C15H15NO/c16-15(17)6-1-2-9-10(5-6)11-7-3-4-8(7)12-13(9)14(11)12/h1-2,5,7-8,11-14H,3-4H2,(H2,16,17)/t7-,8+,11+,12-,13-,14+/m1/s1. The molecule has 1 aromatic carbocycles. The minimum Gasteiger partial charge on any atom is -0.366 e. The number of rotatable bonds is 1. The molecule has 17 heavy (non-hydrogen) atoms. The van der Waals surface area contributed by atoms with Crippen LogP contribution in [0.25, 0.3) is 0 Å². The van der Waals surface area contributed by atoms with Gasteiger partial charge in [0.15, 0.2) is 0 Å². The molecule has 1 aromatic rings. The van der Waals surface area contributed by atoms with Crippen molar-refractivity contribution in [2.24, 2.45) is 29.4 Å². The summed E-state index contributed by atoms with van der Waals surface area (Å²) in [5, 5.41) is 0. The van der Waals surface area contributed by atoms with Crippen LogP contribution in [0.2, 0.25) is 0 Å². The maximum atomic E-state index is 11.3. The zero-order valence-electron chi connectivity index (χ0n) is 9.60. The molecule has 0 unspecified atom stereocenters. The highest BCUT2D eigenvalue weighted by Crippen LogP contribution is 2.81. The topological polar surface area (TPSA) is 43.1 Å². The Morgan fingerprint density at radius 3 is 2.59 bits per heavy atom. The maximum Gasteiger partial charge on any atom is 0.248 e. The van der Waals surface area contributed by atoms with E-state index in [0.29, 0.717) is 5.56 Å². The molecular formula is C15H15NO. The number of carbonyl (C=O) groups excluding carboxylic acids is 1. The summed E-state index contributed by atoms with van der Waals surface area (Å²) in [5.41, 5.74) is 9.10. The van der Waals surface area contributed by atoms with E-state index in [2.05, 4.69) is 12.1 Å². The van der Waals surface area contributed by atoms with Gasteiger partial charge < -0.3 is 5.73 Å². The first-order valence-corrected chi connectivity index (χ1v) is 6.71. The van der Waals surface area contributed by atoms with Crippen LogP contribution >= 0.6 is 0 Å². The van der Waals surface area contributed by atoms with Crippen LogP contribution in [0.15, 0.2) is 18.2 Å². The highest BCUT2D eigenvalue weighted by molar-refractivity contribution is 5.93. The van der Waals surface area contributed by atoms with E-state index >= 15 is 0 Å². The molecule has 0 bridgehead atoms. The van der Waals surface area contributed by atoms with E-state index in [0.717, 1.165) is 35.5 Å². The third-order valence-corrected chi connectivity index (χ3v) is 5.98. The molecule has 5 rings (SSSR count). The van der Waals surface area contributed by atoms with Crippen LogP contribution in [0.1, 0.15) is 46.2 Å². The van der Waals surface area contributed by atoms with E-state index in [4.69, 9.17) is 5.73 Å². The van der Waals surface area contributed by atoms with Gasteiger partial charge in [0, 0.05) is 5.56 Å². The molecule has 4 aliphatic carbocycles. The van der Waals surface area contributed by atoms with Gasteiger partial charge in [-0.2, -0.15) is 0 Å². The van der Waals surface area contributed by atoms with Gasteiger partial charge in [-0.3, -0.25) is 4.79 Å². The fourth-order valence-corrected chi connectivity index (χ4v) is 5.31. The Morgan fingerprint density at radius 2 is 1.88 bits per heavy atom. The molecule has 0 radical (unpaired) electrons. The third-order valence-electron chi connectivity index (χ3n) is 5.98. The van der Waals surface area contributed by atoms with Crippen molar-refractivity contribution in [3.8, 4) is 0 Å². The summed E-state index contributed by atoms with van der Waals surface area (Å²) in [5.74, 6) is 5.23. The number of fused-ring (bicyclic) bond motifs is 7. The van der Waals surface area contributed by atoms with Gasteiger partial charge in [0.1, 0.15) is 0 Å². The van der Waals surface area contributed by atoms with E-state index in [1.807, 2.05) is 6.07 Å². The van der Waals surface area contributed by atoms with Crippen LogP contribution in [0.4, 0.5) is 0 Å². The van der Waals surface area contributed by atoms with Crippen molar-refractivity contribution in [3.63, 3.8) is 0 Å². The lowest BCUT2D eigenvalue weighted by Gasteiger charge is -2.36. The van der Waals surface area contributed by atoms with E-state index in [9.17, 15) is 4.79 Å². The Bertz CT molecular complexity index is 564. The van der Waals surface area contributed by atoms with Crippen molar-refractivity contribution in [1.29, 1.82) is 0 Å². The maximum absolute atomic E-state index is 11.3. The summed E-state index contributed by atoms with van der Waals surface area (Å²) >= 11 is 0. The molecule has 0 aromatic heterocycles. The fraction of sp³-hybridized carbons (Fsp3) is 0.533. The highest BCUT2D eigenvalue weighted by atomic mass is 16.1. The van der Waals surface area contributed by atoms with Gasteiger partial charge in [-0.1, -0.05) is 6.07 Å². The van der Waals surface area contributed by atoms with Crippen molar-refractivity contribution in [2.75, 3.05) is 0 Å². The van der Waals surface area contributed by atoms with E-state index in [1.165, 1.54) is 18.4 Å². The predicted molar refractivity (Wildman–Crippen MR) is 63.6 cm³/mol. The molecule has 4 aliphatic rings. The zero-order valence-corrected chi connectivity index (χ0v) is 9.60. The third kappa shape index (κ3) is 0.791. The molecule has 2 nitrogen and oxygen atoms in total. The first-order chi connectivity index (χ1) is 8.27. The Hall–Kier alpha value is -1.31. The average Bonchev–Trinajstić information content (AvgIpc) is 2.81. The number of nitrogens with two attached hydrogens (primary N) is 1. The van der Waals surface area contributed by atoms with Gasteiger partial charge in [-0.15, -0.1) is 0 Å². The zero-order chi connectivity index (χ0) is 11.3. The average molecular weight is 225 g/mol. The summed E-state index contributed by atoms with van der Waals surface area (Å²) < 4.78 is 0. The van der Waals surface area contributed by atoms with Crippen LogP contribution in [0.3, 0.4) is 0 Å². The Labute approximate surface area is 100 Å². The largest absolute Gasteiger partial charge is 0.366 e. The first kappa shape index (κ1) is 8.73. The smallest absolute Gasteiger partial charge is 0.248 e. The molecule has 86 valence electrons. The molecule has 2 N–H and O–H groups in total. The summed E-state index contributed by atoms with van der Waals surface area (Å²) in [6.45, 7) is 0. The van der Waals surface area contributed by atoms with Crippen LogP contribution in [-0.4, -0.2) is 5.91 Å². The number of benzene rings is 1. The van der Waals surface area contributed by atoms with Gasteiger partial charge in [-0.25, -0.2) is 0 Å². The summed E-state index contributed by atoms with van der Waals surface area (Å²) in [6, 6.07) is 6.19. The minimum atomic E-state index is -0.284. The van der Waals surface area contributed by atoms with E-state index in [1.54, 1.807) is 5.56 Å². The lowest BCUT2D eigenvalue weighted by Crippen LogP contribution is -2.27.